The number of rotatable bonds is 4. The maximum Gasteiger partial charge on any atom is 0.320 e. The van der Waals surface area contributed by atoms with Gasteiger partial charge in [-0.3, -0.25) is 0 Å². The van der Waals surface area contributed by atoms with E-state index in [1.165, 1.54) is 0 Å². The third-order valence-electron chi connectivity index (χ3n) is 4.99. The van der Waals surface area contributed by atoms with Gasteiger partial charge in [-0.05, 0) is 47.5 Å². The lowest BCUT2D eigenvalue weighted by molar-refractivity contribution is 0.204. The van der Waals surface area contributed by atoms with Crippen LogP contribution in [0.25, 0.3) is 5.69 Å². The van der Waals surface area contributed by atoms with E-state index in [1.54, 1.807) is 4.68 Å². The molecule has 7 heteroatoms. The molecule has 1 heterocycles. The summed E-state index contributed by atoms with van der Waals surface area (Å²) in [6, 6.07) is 18.9. The average Bonchev–Trinajstić information content (AvgIpc) is 3.21. The molecule has 1 fully saturated rings. The summed E-state index contributed by atoms with van der Waals surface area (Å²) in [4.78, 5) is 12.7. The van der Waals surface area contributed by atoms with Gasteiger partial charge in [0.2, 0.25) is 0 Å². The van der Waals surface area contributed by atoms with Crippen LogP contribution in [0.2, 0.25) is 0 Å². The van der Waals surface area contributed by atoms with Crippen LogP contribution in [0.1, 0.15) is 37.9 Å². The summed E-state index contributed by atoms with van der Waals surface area (Å²) < 4.78 is 1.73. The SMILES string of the molecule is O=C(Nc1ccccc1)NC1(c2nnnn2-c2ccccc2)CCCCC1. The first-order valence-electron chi connectivity index (χ1n) is 9.25. The van der Waals surface area contributed by atoms with E-state index in [9.17, 15) is 4.79 Å². The van der Waals surface area contributed by atoms with Crippen molar-refractivity contribution < 1.29 is 4.79 Å². The summed E-state index contributed by atoms with van der Waals surface area (Å²) in [6.45, 7) is 0. The normalized spacial score (nSPS) is 15.9. The smallest absolute Gasteiger partial charge is 0.320 e. The van der Waals surface area contributed by atoms with E-state index in [2.05, 4.69) is 26.2 Å². The van der Waals surface area contributed by atoms with E-state index in [-0.39, 0.29) is 6.03 Å². The highest BCUT2D eigenvalue weighted by atomic mass is 16.2. The van der Waals surface area contributed by atoms with Gasteiger partial charge in [0, 0.05) is 5.69 Å². The number of para-hydroxylation sites is 2. The van der Waals surface area contributed by atoms with E-state index >= 15 is 0 Å². The minimum absolute atomic E-state index is 0.245. The predicted octanol–water partition coefficient (Wildman–Crippen LogP) is 3.64. The maximum atomic E-state index is 12.7. The minimum Gasteiger partial charge on any atom is -0.325 e. The number of benzene rings is 2. The molecule has 0 radical (unpaired) electrons. The quantitative estimate of drug-likeness (QED) is 0.742. The Morgan fingerprint density at radius 1 is 0.926 bits per heavy atom. The fraction of sp³-hybridized carbons (Fsp3) is 0.300. The molecule has 2 N–H and O–H groups in total. The molecule has 0 spiro atoms. The van der Waals surface area contributed by atoms with Crippen molar-refractivity contribution in [3.05, 3.63) is 66.5 Å². The predicted molar refractivity (Wildman–Crippen MR) is 103 cm³/mol. The van der Waals surface area contributed by atoms with Gasteiger partial charge in [0.25, 0.3) is 0 Å². The van der Waals surface area contributed by atoms with Gasteiger partial charge in [-0.15, -0.1) is 5.10 Å². The van der Waals surface area contributed by atoms with E-state index in [4.69, 9.17) is 0 Å². The second-order valence-corrected chi connectivity index (χ2v) is 6.84. The number of anilines is 1. The van der Waals surface area contributed by atoms with Crippen molar-refractivity contribution in [1.82, 2.24) is 25.5 Å². The van der Waals surface area contributed by atoms with Crippen LogP contribution in [-0.2, 0) is 5.54 Å². The van der Waals surface area contributed by atoms with Crippen molar-refractivity contribution in [2.75, 3.05) is 5.32 Å². The molecule has 0 bridgehead atoms. The van der Waals surface area contributed by atoms with Gasteiger partial charge >= 0.3 is 6.03 Å². The number of amides is 2. The van der Waals surface area contributed by atoms with Gasteiger partial charge in [0.05, 0.1) is 5.69 Å². The van der Waals surface area contributed by atoms with Crippen LogP contribution in [-0.4, -0.2) is 26.2 Å². The fourth-order valence-corrected chi connectivity index (χ4v) is 3.69. The lowest BCUT2D eigenvalue weighted by atomic mass is 9.81. The van der Waals surface area contributed by atoms with Gasteiger partial charge < -0.3 is 10.6 Å². The number of hydrogen-bond donors (Lipinski definition) is 2. The topological polar surface area (TPSA) is 84.7 Å². The maximum absolute atomic E-state index is 12.7. The molecule has 27 heavy (non-hydrogen) atoms. The molecule has 2 amide bonds. The number of hydrogen-bond acceptors (Lipinski definition) is 4. The van der Waals surface area contributed by atoms with Gasteiger partial charge in [0.15, 0.2) is 5.82 Å². The molecule has 4 rings (SSSR count). The van der Waals surface area contributed by atoms with Crippen molar-refractivity contribution in [3.8, 4) is 5.69 Å². The zero-order valence-electron chi connectivity index (χ0n) is 15.0. The molecule has 1 aromatic heterocycles. The van der Waals surface area contributed by atoms with Crippen molar-refractivity contribution in [2.45, 2.75) is 37.6 Å². The van der Waals surface area contributed by atoms with Crippen LogP contribution in [0.3, 0.4) is 0 Å². The first-order valence-corrected chi connectivity index (χ1v) is 9.25. The fourth-order valence-electron chi connectivity index (χ4n) is 3.69. The van der Waals surface area contributed by atoms with Crippen LogP contribution >= 0.6 is 0 Å². The minimum atomic E-state index is -0.587. The number of urea groups is 1. The highest BCUT2D eigenvalue weighted by Crippen LogP contribution is 2.36. The van der Waals surface area contributed by atoms with Crippen LogP contribution in [0, 0.1) is 0 Å². The summed E-state index contributed by atoms with van der Waals surface area (Å²) in [5.74, 6) is 0.677. The first kappa shape index (κ1) is 17.2. The van der Waals surface area contributed by atoms with Gasteiger partial charge in [0.1, 0.15) is 5.54 Å². The van der Waals surface area contributed by atoms with Gasteiger partial charge in [-0.1, -0.05) is 55.7 Å². The molecule has 3 aromatic rings. The molecule has 0 unspecified atom stereocenters. The largest absolute Gasteiger partial charge is 0.325 e. The number of nitrogens with one attached hydrogen (secondary N) is 2. The number of carbonyl (C=O) groups excluding carboxylic acids is 1. The Balaban J connectivity index is 1.64. The monoisotopic (exact) mass is 362 g/mol. The Labute approximate surface area is 157 Å². The lowest BCUT2D eigenvalue weighted by Crippen LogP contribution is -2.50. The van der Waals surface area contributed by atoms with Crippen molar-refractivity contribution in [3.63, 3.8) is 0 Å². The Hall–Kier alpha value is -3.22. The van der Waals surface area contributed by atoms with Gasteiger partial charge in [-0.25, -0.2) is 4.79 Å². The van der Waals surface area contributed by atoms with E-state index in [0.29, 0.717) is 5.82 Å². The summed E-state index contributed by atoms with van der Waals surface area (Å²) in [6.07, 6.45) is 4.81. The average molecular weight is 362 g/mol. The molecule has 7 nitrogen and oxygen atoms in total. The third-order valence-corrected chi connectivity index (χ3v) is 4.99. The number of tetrazole rings is 1. The summed E-state index contributed by atoms with van der Waals surface area (Å²) in [5.41, 5.74) is 1.05. The molecule has 0 atom stereocenters. The van der Waals surface area contributed by atoms with Crippen LogP contribution in [0.5, 0.6) is 0 Å². The van der Waals surface area contributed by atoms with Crippen molar-refractivity contribution in [1.29, 1.82) is 0 Å². The van der Waals surface area contributed by atoms with Crippen LogP contribution < -0.4 is 10.6 Å². The molecule has 1 aliphatic rings. The molecule has 1 saturated carbocycles. The Bertz CT molecular complexity index is 887. The number of carbonyl (C=O) groups is 1. The van der Waals surface area contributed by atoms with Crippen molar-refractivity contribution >= 4 is 11.7 Å². The Kier molecular flexibility index (Phi) is 4.82. The molecule has 0 saturated heterocycles. The highest BCUT2D eigenvalue weighted by Gasteiger charge is 2.40. The van der Waals surface area contributed by atoms with Crippen molar-refractivity contribution in [2.24, 2.45) is 0 Å². The standard InChI is InChI=1S/C20H22N6O/c27-19(21-16-10-4-1-5-11-16)22-20(14-8-3-9-15-20)18-23-24-25-26(18)17-12-6-2-7-13-17/h1-2,4-7,10-13H,3,8-9,14-15H2,(H2,21,22,27). The highest BCUT2D eigenvalue weighted by molar-refractivity contribution is 5.89. The van der Waals surface area contributed by atoms with Gasteiger partial charge in [-0.2, -0.15) is 4.68 Å². The van der Waals surface area contributed by atoms with Crippen LogP contribution in [0.4, 0.5) is 10.5 Å². The molecule has 0 aliphatic heterocycles. The zero-order valence-corrected chi connectivity index (χ0v) is 15.0. The Morgan fingerprint density at radius 3 is 2.30 bits per heavy atom. The Morgan fingerprint density at radius 2 is 1.59 bits per heavy atom. The van der Waals surface area contributed by atoms with E-state index < -0.39 is 5.54 Å². The second kappa shape index (κ2) is 7.57. The summed E-state index contributed by atoms with van der Waals surface area (Å²) >= 11 is 0. The summed E-state index contributed by atoms with van der Waals surface area (Å²) in [5, 5.41) is 18.5. The summed E-state index contributed by atoms with van der Waals surface area (Å²) in [7, 11) is 0. The third kappa shape index (κ3) is 3.67. The zero-order chi connectivity index (χ0) is 18.5. The van der Waals surface area contributed by atoms with E-state index in [1.807, 2.05) is 60.7 Å². The lowest BCUT2D eigenvalue weighted by Gasteiger charge is -2.36. The molecule has 1 aliphatic carbocycles. The van der Waals surface area contributed by atoms with E-state index in [0.717, 1.165) is 43.5 Å². The molecule has 138 valence electrons. The number of aromatic nitrogens is 4. The second-order valence-electron chi connectivity index (χ2n) is 6.84. The van der Waals surface area contributed by atoms with Crippen LogP contribution in [0.15, 0.2) is 60.7 Å². The molecular formula is C20H22N6O. The molecular weight excluding hydrogens is 340 g/mol. The molecule has 2 aromatic carbocycles. The number of nitrogens with zero attached hydrogens (tertiary/aromatic N) is 4. The first-order chi connectivity index (χ1) is 13.3.